The first kappa shape index (κ1) is 15.6. The van der Waals surface area contributed by atoms with Crippen LogP contribution in [0, 0.1) is 5.82 Å². The van der Waals surface area contributed by atoms with Crippen molar-refractivity contribution in [3.8, 4) is 0 Å². The summed E-state index contributed by atoms with van der Waals surface area (Å²) in [5.74, 6) is -0.353. The second kappa shape index (κ2) is 5.86. The molecule has 3 aromatic rings. The highest BCUT2D eigenvalue weighted by Gasteiger charge is 2.43. The molecule has 2 aromatic carbocycles. The first-order chi connectivity index (χ1) is 12.1. The quantitative estimate of drug-likeness (QED) is 0.730. The minimum absolute atomic E-state index is 0.0881. The van der Waals surface area contributed by atoms with Crippen LogP contribution in [-0.2, 0) is 5.60 Å². The maximum absolute atomic E-state index is 13.2. The van der Waals surface area contributed by atoms with E-state index in [4.69, 9.17) is 4.42 Å². The number of fused-ring (bicyclic) bond motifs is 1. The molecule has 0 saturated carbocycles. The number of hydrogen-bond donors (Lipinski definition) is 1. The van der Waals surface area contributed by atoms with Crippen LogP contribution in [0.3, 0.4) is 0 Å². The van der Waals surface area contributed by atoms with E-state index < -0.39 is 5.60 Å². The fourth-order valence-corrected chi connectivity index (χ4v) is 3.33. The predicted octanol–water partition coefficient (Wildman–Crippen LogP) is 4.03. The van der Waals surface area contributed by atoms with Crippen LogP contribution in [0.1, 0.15) is 22.5 Å². The number of carbonyl (C=O) groups is 1. The third kappa shape index (κ3) is 2.72. The Morgan fingerprint density at radius 1 is 1.12 bits per heavy atom. The molecular weight excluding hydrogens is 321 g/mol. The normalized spacial score (nSPS) is 19.0. The summed E-state index contributed by atoms with van der Waals surface area (Å²) < 4.78 is 18.4. The molecule has 0 bridgehead atoms. The van der Waals surface area contributed by atoms with Crippen LogP contribution in [0.25, 0.3) is 0 Å². The zero-order valence-corrected chi connectivity index (χ0v) is 13.4. The number of furan rings is 1. The van der Waals surface area contributed by atoms with Gasteiger partial charge in [0.15, 0.2) is 5.76 Å². The van der Waals surface area contributed by atoms with E-state index in [9.17, 15) is 14.3 Å². The van der Waals surface area contributed by atoms with Crippen molar-refractivity contribution >= 4 is 17.2 Å². The molecule has 1 atom stereocenters. The summed E-state index contributed by atoms with van der Waals surface area (Å²) in [5.41, 5.74) is 0.910. The van der Waals surface area contributed by atoms with Gasteiger partial charge in [0.05, 0.1) is 12.8 Å². The highest BCUT2D eigenvalue weighted by atomic mass is 19.1. The van der Waals surface area contributed by atoms with Crippen molar-refractivity contribution in [3.05, 3.63) is 84.1 Å². The van der Waals surface area contributed by atoms with Gasteiger partial charge in [-0.05, 0) is 42.5 Å². The highest BCUT2D eigenvalue weighted by molar-refractivity contribution is 5.94. The van der Waals surface area contributed by atoms with E-state index in [0.29, 0.717) is 5.56 Å². The van der Waals surface area contributed by atoms with E-state index in [2.05, 4.69) is 0 Å². The minimum atomic E-state index is -1.34. The zero-order chi connectivity index (χ0) is 17.4. The van der Waals surface area contributed by atoms with Gasteiger partial charge in [0, 0.05) is 23.4 Å². The molecule has 0 saturated heterocycles. The molecule has 1 N–H and O–H groups in total. The van der Waals surface area contributed by atoms with E-state index in [-0.39, 0.29) is 30.3 Å². The fourth-order valence-electron chi connectivity index (χ4n) is 3.33. The summed E-state index contributed by atoms with van der Waals surface area (Å²) >= 11 is 0. The average Bonchev–Trinajstić information content (AvgIpc) is 3.24. The number of aliphatic hydroxyl groups is 1. The van der Waals surface area contributed by atoms with Gasteiger partial charge >= 0.3 is 0 Å². The van der Waals surface area contributed by atoms with Crippen molar-refractivity contribution in [2.45, 2.75) is 12.0 Å². The molecule has 1 aliphatic heterocycles. The van der Waals surface area contributed by atoms with E-state index in [1.54, 1.807) is 24.3 Å². The summed E-state index contributed by atoms with van der Waals surface area (Å²) in [4.78, 5) is 14.3. The predicted molar refractivity (Wildman–Crippen MR) is 91.4 cm³/mol. The Morgan fingerprint density at radius 3 is 2.60 bits per heavy atom. The summed E-state index contributed by atoms with van der Waals surface area (Å²) in [7, 11) is 0. The molecule has 2 heterocycles. The van der Waals surface area contributed by atoms with Gasteiger partial charge in [-0.25, -0.2) is 4.39 Å². The maximum atomic E-state index is 13.2. The van der Waals surface area contributed by atoms with E-state index in [0.717, 1.165) is 11.4 Å². The Bertz CT molecular complexity index is 905. The lowest BCUT2D eigenvalue weighted by Gasteiger charge is -2.24. The van der Waals surface area contributed by atoms with Crippen molar-refractivity contribution < 1.29 is 18.7 Å². The Kier molecular flexibility index (Phi) is 3.66. The molecule has 4 rings (SSSR count). The molecule has 0 radical (unpaired) electrons. The molecule has 0 fully saturated rings. The van der Waals surface area contributed by atoms with Gasteiger partial charge in [-0.2, -0.15) is 0 Å². The third-order valence-electron chi connectivity index (χ3n) is 4.50. The second-order valence-electron chi connectivity index (χ2n) is 6.19. The first-order valence-electron chi connectivity index (χ1n) is 7.98. The lowest BCUT2D eigenvalue weighted by Crippen LogP contribution is -2.33. The molecule has 0 spiro atoms. The number of ketones is 1. The summed E-state index contributed by atoms with van der Waals surface area (Å²) in [6.07, 6.45) is 1.35. The number of Topliss-reactive ketones (excluding diaryl/α,β-unsaturated/α-hetero) is 1. The van der Waals surface area contributed by atoms with Crippen LogP contribution >= 0.6 is 0 Å². The Labute approximate surface area is 144 Å². The number of para-hydroxylation sites is 1. The summed E-state index contributed by atoms with van der Waals surface area (Å²) in [6, 6.07) is 16.7. The molecule has 1 aliphatic rings. The van der Waals surface area contributed by atoms with E-state index >= 15 is 0 Å². The van der Waals surface area contributed by atoms with Crippen molar-refractivity contribution in [2.75, 3.05) is 11.4 Å². The number of hydrogen-bond acceptors (Lipinski definition) is 4. The smallest absolute Gasteiger partial charge is 0.201 e. The molecule has 1 unspecified atom stereocenters. The molecular formula is C20H16FNO3. The topological polar surface area (TPSA) is 53.7 Å². The number of rotatable bonds is 4. The first-order valence-corrected chi connectivity index (χ1v) is 7.98. The Balaban J connectivity index is 1.70. The van der Waals surface area contributed by atoms with Gasteiger partial charge in [-0.3, -0.25) is 4.79 Å². The Morgan fingerprint density at radius 2 is 1.88 bits per heavy atom. The van der Waals surface area contributed by atoms with Gasteiger partial charge < -0.3 is 14.4 Å². The van der Waals surface area contributed by atoms with Crippen molar-refractivity contribution in [3.63, 3.8) is 0 Å². The largest absolute Gasteiger partial charge is 0.461 e. The molecule has 0 amide bonds. The van der Waals surface area contributed by atoms with Gasteiger partial charge in [0.25, 0.3) is 0 Å². The number of benzene rings is 2. The van der Waals surface area contributed by atoms with Crippen molar-refractivity contribution in [2.24, 2.45) is 0 Å². The molecule has 25 heavy (non-hydrogen) atoms. The highest BCUT2D eigenvalue weighted by Crippen LogP contribution is 2.45. The second-order valence-corrected chi connectivity index (χ2v) is 6.19. The lowest BCUT2D eigenvalue weighted by molar-refractivity contribution is 0.0403. The molecule has 126 valence electrons. The van der Waals surface area contributed by atoms with Gasteiger partial charge in [-0.15, -0.1) is 0 Å². The lowest BCUT2D eigenvalue weighted by atomic mass is 9.90. The van der Waals surface area contributed by atoms with Crippen LogP contribution in [0.15, 0.2) is 71.3 Å². The number of carbonyl (C=O) groups excluding carboxylic acids is 1. The number of halogens is 1. The van der Waals surface area contributed by atoms with Crippen LogP contribution in [0.2, 0.25) is 0 Å². The SMILES string of the molecule is O=C(CC1(O)CN(c2ccc(F)cc2)c2ccccc21)c1ccco1. The third-order valence-corrected chi connectivity index (χ3v) is 4.50. The van der Waals surface area contributed by atoms with Crippen LogP contribution in [0.4, 0.5) is 15.8 Å². The zero-order valence-electron chi connectivity index (χ0n) is 13.4. The standard InChI is InChI=1S/C20H16FNO3/c21-14-7-9-15(10-8-14)22-13-20(24,16-4-1-2-5-17(16)22)12-18(23)19-6-3-11-25-19/h1-11,24H,12-13H2. The molecule has 5 heteroatoms. The van der Waals surface area contributed by atoms with Crippen molar-refractivity contribution in [1.29, 1.82) is 0 Å². The molecule has 4 nitrogen and oxygen atoms in total. The van der Waals surface area contributed by atoms with Crippen LogP contribution in [0.5, 0.6) is 0 Å². The summed E-state index contributed by atoms with van der Waals surface area (Å²) in [6.45, 7) is 0.213. The minimum Gasteiger partial charge on any atom is -0.461 e. The van der Waals surface area contributed by atoms with Gasteiger partial charge in [-0.1, -0.05) is 18.2 Å². The summed E-state index contributed by atoms with van der Waals surface area (Å²) in [5, 5.41) is 11.2. The van der Waals surface area contributed by atoms with Crippen molar-refractivity contribution in [1.82, 2.24) is 0 Å². The molecule has 0 aliphatic carbocycles. The monoisotopic (exact) mass is 337 g/mol. The van der Waals surface area contributed by atoms with Crippen LogP contribution in [-0.4, -0.2) is 17.4 Å². The fraction of sp³-hybridized carbons (Fsp3) is 0.150. The van der Waals surface area contributed by atoms with E-state index in [1.807, 2.05) is 29.2 Å². The number of nitrogens with zero attached hydrogens (tertiary/aromatic N) is 1. The van der Waals surface area contributed by atoms with E-state index in [1.165, 1.54) is 18.4 Å². The maximum Gasteiger partial charge on any atom is 0.201 e. The van der Waals surface area contributed by atoms with Gasteiger partial charge in [0.2, 0.25) is 5.78 Å². The molecule has 1 aromatic heterocycles. The Hall–Kier alpha value is -2.92. The van der Waals surface area contributed by atoms with Crippen LogP contribution < -0.4 is 4.90 Å². The number of anilines is 2. The van der Waals surface area contributed by atoms with Gasteiger partial charge in [0.1, 0.15) is 11.4 Å². The number of β-amino-alcohol motifs (C(OH)–C–C–N with tert-alkyl or cyclic N) is 1. The average molecular weight is 337 g/mol.